The summed E-state index contributed by atoms with van der Waals surface area (Å²) >= 11 is 5.68. The Balaban J connectivity index is 2.45. The fourth-order valence-corrected chi connectivity index (χ4v) is 1.20. The molecule has 0 unspecified atom stereocenters. The number of aliphatic hydroxyl groups is 1. The van der Waals surface area contributed by atoms with Crippen LogP contribution in [0, 0.1) is 5.82 Å². The van der Waals surface area contributed by atoms with Gasteiger partial charge in [-0.3, -0.25) is 4.79 Å². The predicted molar refractivity (Wildman–Crippen MR) is 57.0 cm³/mol. The van der Waals surface area contributed by atoms with E-state index in [0.29, 0.717) is 0 Å². The summed E-state index contributed by atoms with van der Waals surface area (Å²) in [6.45, 7) is -0.201. The van der Waals surface area contributed by atoms with Gasteiger partial charge in [0.05, 0.1) is 11.6 Å². The van der Waals surface area contributed by atoms with Gasteiger partial charge < -0.3 is 15.2 Å². The molecule has 16 heavy (non-hydrogen) atoms. The average Bonchev–Trinajstić information content (AvgIpc) is 2.25. The summed E-state index contributed by atoms with van der Waals surface area (Å²) in [5, 5.41) is 11.0. The zero-order chi connectivity index (χ0) is 12.0. The van der Waals surface area contributed by atoms with Crippen molar-refractivity contribution in [3.63, 3.8) is 0 Å². The molecule has 0 bridgehead atoms. The largest absolute Gasteiger partial charge is 0.482 e. The van der Waals surface area contributed by atoms with Crippen molar-refractivity contribution in [2.75, 3.05) is 19.8 Å². The molecule has 0 aliphatic rings. The number of nitrogens with one attached hydrogen (secondary N) is 1. The number of hydrogen-bond acceptors (Lipinski definition) is 3. The van der Waals surface area contributed by atoms with Crippen molar-refractivity contribution in [1.29, 1.82) is 0 Å². The predicted octanol–water partition coefficient (Wildman–Crippen LogP) is 0.966. The second kappa shape index (κ2) is 6.30. The first kappa shape index (κ1) is 12.7. The maximum Gasteiger partial charge on any atom is 0.258 e. The Kier molecular flexibility index (Phi) is 5.01. The average molecular weight is 248 g/mol. The fraction of sp³-hybridized carbons (Fsp3) is 0.300. The maximum atomic E-state index is 12.7. The summed E-state index contributed by atoms with van der Waals surface area (Å²) in [5.74, 6) is -0.612. The van der Waals surface area contributed by atoms with Crippen LogP contribution in [-0.2, 0) is 4.79 Å². The lowest BCUT2D eigenvalue weighted by molar-refractivity contribution is -0.123. The third-order valence-electron chi connectivity index (χ3n) is 1.69. The van der Waals surface area contributed by atoms with E-state index in [0.717, 1.165) is 6.07 Å². The topological polar surface area (TPSA) is 58.6 Å². The van der Waals surface area contributed by atoms with Crippen LogP contribution in [0.1, 0.15) is 0 Å². The second-order valence-corrected chi connectivity index (χ2v) is 3.34. The van der Waals surface area contributed by atoms with E-state index in [1.165, 1.54) is 12.1 Å². The van der Waals surface area contributed by atoms with Crippen LogP contribution in [0.3, 0.4) is 0 Å². The third-order valence-corrected chi connectivity index (χ3v) is 1.98. The molecule has 88 valence electrons. The van der Waals surface area contributed by atoms with Crippen molar-refractivity contribution in [1.82, 2.24) is 5.32 Å². The van der Waals surface area contributed by atoms with Crippen LogP contribution in [0.5, 0.6) is 5.75 Å². The van der Waals surface area contributed by atoms with Crippen molar-refractivity contribution in [3.05, 3.63) is 29.0 Å². The third kappa shape index (κ3) is 4.04. The maximum absolute atomic E-state index is 12.7. The molecule has 0 heterocycles. The first-order valence-corrected chi connectivity index (χ1v) is 4.96. The molecule has 1 aromatic carbocycles. The molecule has 1 rings (SSSR count). The van der Waals surface area contributed by atoms with E-state index in [4.69, 9.17) is 21.4 Å². The van der Waals surface area contributed by atoms with Crippen LogP contribution in [0.2, 0.25) is 5.02 Å². The lowest BCUT2D eigenvalue weighted by atomic mass is 10.3. The van der Waals surface area contributed by atoms with Crippen molar-refractivity contribution in [2.45, 2.75) is 0 Å². The molecule has 0 atom stereocenters. The molecule has 1 aromatic rings. The van der Waals surface area contributed by atoms with Crippen LogP contribution in [0.25, 0.3) is 0 Å². The Morgan fingerprint density at radius 2 is 2.31 bits per heavy atom. The first-order chi connectivity index (χ1) is 7.63. The number of ether oxygens (including phenoxy) is 1. The normalized spacial score (nSPS) is 9.94. The van der Waals surface area contributed by atoms with Gasteiger partial charge in [0.15, 0.2) is 6.61 Å². The molecular formula is C10H11ClFNO3. The van der Waals surface area contributed by atoms with Gasteiger partial charge in [-0.25, -0.2) is 4.39 Å². The molecule has 0 aliphatic heterocycles. The molecule has 0 aliphatic carbocycles. The quantitative estimate of drug-likeness (QED) is 0.815. The number of rotatable bonds is 5. The highest BCUT2D eigenvalue weighted by atomic mass is 35.5. The molecule has 4 nitrogen and oxygen atoms in total. The minimum atomic E-state index is -0.470. The Bertz CT molecular complexity index is 373. The second-order valence-electron chi connectivity index (χ2n) is 2.94. The van der Waals surface area contributed by atoms with Gasteiger partial charge in [-0.15, -0.1) is 0 Å². The molecule has 0 spiro atoms. The Morgan fingerprint density at radius 1 is 1.56 bits per heavy atom. The number of halogens is 2. The number of amides is 1. The van der Waals surface area contributed by atoms with Crippen LogP contribution in [0.15, 0.2) is 18.2 Å². The smallest absolute Gasteiger partial charge is 0.258 e. The van der Waals surface area contributed by atoms with Gasteiger partial charge in [-0.1, -0.05) is 11.6 Å². The minimum absolute atomic E-state index is 0.106. The SMILES string of the molecule is O=C(COc1ccc(F)cc1Cl)NCCO. The zero-order valence-electron chi connectivity index (χ0n) is 8.37. The molecule has 0 aromatic heterocycles. The van der Waals surface area contributed by atoms with E-state index < -0.39 is 5.82 Å². The van der Waals surface area contributed by atoms with E-state index in [1.807, 2.05) is 0 Å². The van der Waals surface area contributed by atoms with Crippen LogP contribution in [0.4, 0.5) is 4.39 Å². The fourth-order valence-electron chi connectivity index (χ4n) is 0.982. The molecule has 0 saturated carbocycles. The lowest BCUT2D eigenvalue weighted by Crippen LogP contribution is -2.31. The van der Waals surface area contributed by atoms with Crippen LogP contribution >= 0.6 is 11.6 Å². The summed E-state index contributed by atoms with van der Waals surface area (Å²) in [5.41, 5.74) is 0. The molecule has 0 radical (unpaired) electrons. The Hall–Kier alpha value is -1.33. The lowest BCUT2D eigenvalue weighted by Gasteiger charge is -2.07. The van der Waals surface area contributed by atoms with Crippen molar-refractivity contribution in [3.8, 4) is 5.75 Å². The Labute approximate surface area is 97.0 Å². The van der Waals surface area contributed by atoms with E-state index >= 15 is 0 Å². The number of carbonyl (C=O) groups excluding carboxylic acids is 1. The highest BCUT2D eigenvalue weighted by Gasteiger charge is 2.06. The summed E-state index contributed by atoms with van der Waals surface area (Å²) < 4.78 is 17.7. The molecule has 6 heteroatoms. The van der Waals surface area contributed by atoms with Gasteiger partial charge >= 0.3 is 0 Å². The van der Waals surface area contributed by atoms with Crippen molar-refractivity contribution in [2.24, 2.45) is 0 Å². The van der Waals surface area contributed by atoms with Gasteiger partial charge in [0.1, 0.15) is 11.6 Å². The number of aliphatic hydroxyl groups excluding tert-OH is 1. The van der Waals surface area contributed by atoms with Gasteiger partial charge in [0.25, 0.3) is 5.91 Å². The molecule has 2 N–H and O–H groups in total. The van der Waals surface area contributed by atoms with E-state index in [2.05, 4.69) is 5.32 Å². The number of hydrogen-bond donors (Lipinski definition) is 2. The number of benzene rings is 1. The molecular weight excluding hydrogens is 237 g/mol. The van der Waals surface area contributed by atoms with Crippen molar-refractivity contribution < 1.29 is 19.0 Å². The summed E-state index contributed by atoms with van der Waals surface area (Å²) in [6, 6.07) is 3.63. The standard InChI is InChI=1S/C10H11ClFNO3/c11-8-5-7(12)1-2-9(8)16-6-10(15)13-3-4-14/h1-2,5,14H,3-4,6H2,(H,13,15). The van der Waals surface area contributed by atoms with E-state index in [1.54, 1.807) is 0 Å². The number of carbonyl (C=O) groups is 1. The van der Waals surface area contributed by atoms with E-state index in [9.17, 15) is 9.18 Å². The monoisotopic (exact) mass is 247 g/mol. The summed E-state index contributed by atoms with van der Waals surface area (Å²) in [7, 11) is 0. The van der Waals surface area contributed by atoms with Gasteiger partial charge in [0.2, 0.25) is 0 Å². The molecule has 0 fully saturated rings. The molecule has 0 saturated heterocycles. The van der Waals surface area contributed by atoms with Gasteiger partial charge in [0, 0.05) is 6.54 Å². The Morgan fingerprint density at radius 3 is 2.94 bits per heavy atom. The first-order valence-electron chi connectivity index (χ1n) is 4.59. The van der Waals surface area contributed by atoms with Crippen LogP contribution < -0.4 is 10.1 Å². The summed E-state index contributed by atoms with van der Waals surface area (Å²) in [4.78, 5) is 11.1. The minimum Gasteiger partial charge on any atom is -0.482 e. The van der Waals surface area contributed by atoms with Crippen LogP contribution in [-0.4, -0.2) is 30.8 Å². The zero-order valence-corrected chi connectivity index (χ0v) is 9.13. The van der Waals surface area contributed by atoms with Crippen molar-refractivity contribution >= 4 is 17.5 Å². The van der Waals surface area contributed by atoms with Gasteiger partial charge in [-0.05, 0) is 18.2 Å². The van der Waals surface area contributed by atoms with Gasteiger partial charge in [-0.2, -0.15) is 0 Å². The van der Waals surface area contributed by atoms with E-state index in [-0.39, 0.29) is 36.4 Å². The molecule has 1 amide bonds. The summed E-state index contributed by atoms with van der Waals surface area (Å²) in [6.07, 6.45) is 0. The highest BCUT2D eigenvalue weighted by molar-refractivity contribution is 6.32. The highest BCUT2D eigenvalue weighted by Crippen LogP contribution is 2.24.